The molecule has 39 heavy (non-hydrogen) atoms. The van der Waals surface area contributed by atoms with Crippen molar-refractivity contribution < 1.29 is 22.7 Å². The molecule has 0 fully saturated rings. The van der Waals surface area contributed by atoms with Crippen molar-refractivity contribution in [2.75, 3.05) is 27.6 Å². The van der Waals surface area contributed by atoms with Crippen molar-refractivity contribution in [3.05, 3.63) is 90.5 Å². The number of ether oxygens (including phenoxy) is 2. The molecular weight excluding hydrogens is 528 g/mol. The second-order valence-electron chi connectivity index (χ2n) is 9.87. The Bertz CT molecular complexity index is 1230. The fourth-order valence-corrected chi connectivity index (χ4v) is 12.9. The summed E-state index contributed by atoms with van der Waals surface area (Å²) in [5.74, 6) is -0.402. The molecule has 0 spiro atoms. The van der Waals surface area contributed by atoms with E-state index in [1.54, 1.807) is 38.4 Å². The highest BCUT2D eigenvalue weighted by Gasteiger charge is 2.47. The monoisotopic (exact) mass is 568 g/mol. The van der Waals surface area contributed by atoms with Gasteiger partial charge >= 0.3 is 0 Å². The van der Waals surface area contributed by atoms with Crippen molar-refractivity contribution in [2.24, 2.45) is 5.92 Å². The number of carbonyl (C=O) groups excluding carboxylic acids is 1. The standard InChI is InChI=1S/C30H40N2O5SSi/c1-24-17-19-26(20-18-24)38(34,35)32-29(16-11-21-37-23-36-4)39(22-25(2)30(33)31-3,27-12-7-5-8-13-27)28-14-9-6-10-15-28/h5-10,12-15,17-20,25,29,32H,11,16,21-23H2,1-4H3,(H,31,33)/t25-,29-/m1/s1. The van der Waals surface area contributed by atoms with E-state index in [-0.39, 0.29) is 23.5 Å². The maximum atomic E-state index is 13.9. The van der Waals surface area contributed by atoms with Gasteiger partial charge in [0, 0.05) is 32.3 Å². The molecule has 0 saturated heterocycles. The van der Waals surface area contributed by atoms with Gasteiger partial charge < -0.3 is 14.8 Å². The number of hydrogen-bond acceptors (Lipinski definition) is 5. The van der Waals surface area contributed by atoms with E-state index in [1.807, 2.05) is 50.2 Å². The molecule has 1 amide bonds. The quantitative estimate of drug-likeness (QED) is 0.167. The van der Waals surface area contributed by atoms with Crippen molar-refractivity contribution in [1.29, 1.82) is 0 Å². The van der Waals surface area contributed by atoms with Gasteiger partial charge in [-0.05, 0) is 37.9 Å². The number of methoxy groups -OCH3 is 1. The van der Waals surface area contributed by atoms with Gasteiger partial charge in [-0.3, -0.25) is 4.79 Å². The smallest absolute Gasteiger partial charge is 0.240 e. The van der Waals surface area contributed by atoms with E-state index in [0.29, 0.717) is 25.5 Å². The summed E-state index contributed by atoms with van der Waals surface area (Å²) in [5, 5.41) is 4.93. The van der Waals surface area contributed by atoms with Gasteiger partial charge in [-0.25, -0.2) is 13.1 Å². The van der Waals surface area contributed by atoms with Gasteiger partial charge in [0.1, 0.15) is 14.9 Å². The van der Waals surface area contributed by atoms with Gasteiger partial charge in [-0.2, -0.15) is 0 Å². The maximum absolute atomic E-state index is 13.9. The third-order valence-electron chi connectivity index (χ3n) is 7.11. The molecule has 0 aliphatic carbocycles. The fourth-order valence-electron chi connectivity index (χ4n) is 5.15. The minimum atomic E-state index is -3.87. The Labute approximate surface area is 234 Å². The Morgan fingerprint density at radius 2 is 1.49 bits per heavy atom. The number of aryl methyl sites for hydroxylation is 1. The Hall–Kier alpha value is -2.82. The van der Waals surface area contributed by atoms with E-state index in [2.05, 4.69) is 34.3 Å². The van der Waals surface area contributed by atoms with Crippen LogP contribution >= 0.6 is 0 Å². The van der Waals surface area contributed by atoms with Crippen LogP contribution in [0.2, 0.25) is 6.04 Å². The van der Waals surface area contributed by atoms with Crippen molar-refractivity contribution in [3.63, 3.8) is 0 Å². The van der Waals surface area contributed by atoms with E-state index in [1.165, 1.54) is 0 Å². The zero-order chi connectivity index (χ0) is 28.3. The second kappa shape index (κ2) is 14.5. The van der Waals surface area contributed by atoms with Crippen molar-refractivity contribution in [2.45, 2.75) is 43.3 Å². The molecule has 3 aromatic rings. The average molecular weight is 569 g/mol. The lowest BCUT2D eigenvalue weighted by Gasteiger charge is -2.42. The number of carbonyl (C=O) groups is 1. The van der Waals surface area contributed by atoms with Crippen molar-refractivity contribution in [1.82, 2.24) is 10.0 Å². The molecule has 3 aromatic carbocycles. The summed E-state index contributed by atoms with van der Waals surface area (Å²) < 4.78 is 41.4. The zero-order valence-electron chi connectivity index (χ0n) is 23.2. The Balaban J connectivity index is 2.20. The molecular formula is C30H40N2O5SSi. The first-order valence-electron chi connectivity index (χ1n) is 13.2. The highest BCUT2D eigenvalue weighted by atomic mass is 32.2. The van der Waals surface area contributed by atoms with Gasteiger partial charge in [0.25, 0.3) is 0 Å². The number of rotatable bonds is 15. The van der Waals surface area contributed by atoms with Crippen molar-refractivity contribution in [3.8, 4) is 0 Å². The number of hydrogen-bond donors (Lipinski definition) is 2. The Morgan fingerprint density at radius 1 is 0.923 bits per heavy atom. The lowest BCUT2D eigenvalue weighted by Crippen LogP contribution is -2.71. The summed E-state index contributed by atoms with van der Waals surface area (Å²) in [7, 11) is -3.64. The van der Waals surface area contributed by atoms with Crippen LogP contribution in [0, 0.1) is 12.8 Å². The molecule has 0 unspecified atom stereocenters. The largest absolute Gasteiger partial charge is 0.359 e. The van der Waals surface area contributed by atoms with Crippen LogP contribution in [-0.4, -0.2) is 55.6 Å². The number of benzene rings is 3. The summed E-state index contributed by atoms with van der Waals surface area (Å²) >= 11 is 0. The molecule has 0 aromatic heterocycles. The maximum Gasteiger partial charge on any atom is 0.240 e. The summed E-state index contributed by atoms with van der Waals surface area (Å²) in [6, 6.07) is 27.6. The van der Waals surface area contributed by atoms with Crippen LogP contribution in [0.1, 0.15) is 25.3 Å². The molecule has 0 aliphatic heterocycles. The van der Waals surface area contributed by atoms with Crippen LogP contribution in [0.15, 0.2) is 89.8 Å². The molecule has 9 heteroatoms. The van der Waals surface area contributed by atoms with Crippen LogP contribution in [0.4, 0.5) is 0 Å². The summed E-state index contributed by atoms with van der Waals surface area (Å²) in [6.45, 7) is 4.44. The van der Waals surface area contributed by atoms with Gasteiger partial charge in [0.15, 0.2) is 0 Å². The lowest BCUT2D eigenvalue weighted by atomic mass is 10.2. The molecule has 2 N–H and O–H groups in total. The second-order valence-corrected chi connectivity index (χ2v) is 15.8. The zero-order valence-corrected chi connectivity index (χ0v) is 25.0. The van der Waals surface area contributed by atoms with E-state index < -0.39 is 23.8 Å². The van der Waals surface area contributed by atoms with Gasteiger partial charge in [-0.15, -0.1) is 0 Å². The summed E-state index contributed by atoms with van der Waals surface area (Å²) in [5.41, 5.74) is 0.532. The predicted octanol–water partition coefficient (Wildman–Crippen LogP) is 3.23. The first-order valence-corrected chi connectivity index (χ1v) is 17.0. The average Bonchev–Trinajstić information content (AvgIpc) is 2.95. The first-order chi connectivity index (χ1) is 18.7. The van der Waals surface area contributed by atoms with Gasteiger partial charge in [-0.1, -0.05) is 95.7 Å². The normalized spacial score (nSPS) is 13.5. The Kier molecular flexibility index (Phi) is 11.4. The lowest BCUT2D eigenvalue weighted by molar-refractivity contribution is -0.123. The highest BCUT2D eigenvalue weighted by Crippen LogP contribution is 2.26. The number of sulfonamides is 1. The SMILES string of the molecule is CNC(=O)[C@H](C)C[Si](c1ccccc1)(c1ccccc1)[C@H](CCCOCOC)NS(=O)(=O)c1ccc(C)cc1. The molecule has 0 saturated carbocycles. The van der Waals surface area contributed by atoms with Gasteiger partial charge in [0.2, 0.25) is 15.9 Å². The molecule has 210 valence electrons. The Morgan fingerprint density at radius 3 is 2.00 bits per heavy atom. The number of nitrogens with one attached hydrogen (secondary N) is 2. The molecule has 2 atom stereocenters. The van der Waals surface area contributed by atoms with Crippen molar-refractivity contribution >= 4 is 34.4 Å². The predicted molar refractivity (Wildman–Crippen MR) is 158 cm³/mol. The highest BCUT2D eigenvalue weighted by molar-refractivity contribution is 7.89. The van der Waals surface area contributed by atoms with E-state index in [4.69, 9.17) is 9.47 Å². The van der Waals surface area contributed by atoms with Crippen LogP contribution in [0.25, 0.3) is 0 Å². The molecule has 0 radical (unpaired) electrons. The fraction of sp³-hybridized carbons (Fsp3) is 0.367. The third-order valence-corrected chi connectivity index (χ3v) is 14.4. The summed E-state index contributed by atoms with van der Waals surface area (Å²) in [4.78, 5) is 13.1. The van der Waals surface area contributed by atoms with Crippen LogP contribution in [0.5, 0.6) is 0 Å². The van der Waals surface area contributed by atoms with E-state index in [9.17, 15) is 13.2 Å². The summed E-state index contributed by atoms with van der Waals surface area (Å²) in [6.07, 6.45) is 1.15. The van der Waals surface area contributed by atoms with Gasteiger partial charge in [0.05, 0.1) is 4.90 Å². The molecule has 0 heterocycles. The number of amides is 1. The van der Waals surface area contributed by atoms with Crippen LogP contribution in [0.3, 0.4) is 0 Å². The minimum absolute atomic E-state index is 0.0673. The van der Waals surface area contributed by atoms with Crippen LogP contribution < -0.4 is 20.4 Å². The molecule has 3 rings (SSSR count). The molecule has 0 bridgehead atoms. The van der Waals surface area contributed by atoms with E-state index in [0.717, 1.165) is 15.9 Å². The molecule has 0 aliphatic rings. The molecule has 7 nitrogen and oxygen atoms in total. The minimum Gasteiger partial charge on any atom is -0.359 e. The topological polar surface area (TPSA) is 93.7 Å². The third kappa shape index (κ3) is 7.86. The van der Waals surface area contributed by atoms with E-state index >= 15 is 0 Å². The van der Waals surface area contributed by atoms with Crippen LogP contribution in [-0.2, 0) is 24.3 Å². The first kappa shape index (κ1) is 30.7.